The van der Waals surface area contributed by atoms with Crippen LogP contribution in [-0.2, 0) is 4.79 Å². The summed E-state index contributed by atoms with van der Waals surface area (Å²) in [6.07, 6.45) is 46.6. The lowest BCUT2D eigenvalue weighted by atomic mass is 10.0. The van der Waals surface area contributed by atoms with E-state index in [-0.39, 0.29) is 11.5 Å². The third-order valence-corrected chi connectivity index (χ3v) is 9.72. The van der Waals surface area contributed by atoms with Crippen molar-refractivity contribution in [2.24, 2.45) is 4.99 Å². The molecule has 46 heavy (non-hydrogen) atoms. The molecule has 0 bridgehead atoms. The van der Waals surface area contributed by atoms with Crippen molar-refractivity contribution in [3.8, 4) is 0 Å². The molecule has 0 aliphatic heterocycles. The molecule has 268 valence electrons. The largest absolute Gasteiger partial charge is 0.506 e. The lowest BCUT2D eigenvalue weighted by molar-refractivity contribution is -0.109. The Kier molecular flexibility index (Phi) is 30.7. The maximum absolute atomic E-state index is 12.3. The predicted molar refractivity (Wildman–Crippen MR) is 203 cm³/mol. The van der Waals surface area contributed by atoms with Crippen LogP contribution in [0.15, 0.2) is 28.6 Å². The van der Waals surface area contributed by atoms with Gasteiger partial charge in [-0.25, -0.2) is 0 Å². The first-order valence-electron chi connectivity index (χ1n) is 20.6. The lowest BCUT2D eigenvalue weighted by Crippen LogP contribution is -2.24. The summed E-state index contributed by atoms with van der Waals surface area (Å²) in [5, 5.41) is 13.6. The highest BCUT2D eigenvalue weighted by Crippen LogP contribution is 2.16. The quantitative estimate of drug-likeness (QED) is 0.0534. The van der Waals surface area contributed by atoms with Gasteiger partial charge in [-0.3, -0.25) is 9.79 Å². The van der Waals surface area contributed by atoms with E-state index in [1.54, 1.807) is 6.08 Å². The first kappa shape index (κ1) is 42.4. The molecular weight excluding hydrogens is 564 g/mol. The zero-order valence-electron chi connectivity index (χ0n) is 31.0. The minimum absolute atomic E-state index is 0.0443. The Bertz CT molecular complexity index is 785. The summed E-state index contributed by atoms with van der Waals surface area (Å²) in [6, 6.07) is 0. The predicted octanol–water partition coefficient (Wildman–Crippen LogP) is 13.4. The van der Waals surface area contributed by atoms with Crippen LogP contribution >= 0.6 is 0 Å². The first-order valence-corrected chi connectivity index (χ1v) is 20.6. The van der Waals surface area contributed by atoms with Crippen molar-refractivity contribution >= 4 is 11.5 Å². The minimum Gasteiger partial charge on any atom is -0.506 e. The molecule has 0 spiro atoms. The molecule has 1 aliphatic rings. The normalized spacial score (nSPS) is 14.2. The highest BCUT2D eigenvalue weighted by atomic mass is 16.3. The van der Waals surface area contributed by atoms with Gasteiger partial charge in [0.05, 0.1) is 5.70 Å². The molecule has 1 rings (SSSR count). The van der Waals surface area contributed by atoms with Gasteiger partial charge in [0.2, 0.25) is 5.78 Å². The Balaban J connectivity index is 1.97. The summed E-state index contributed by atoms with van der Waals surface area (Å²) in [4.78, 5) is 16.9. The summed E-state index contributed by atoms with van der Waals surface area (Å²) in [5.41, 5.74) is 1.12. The molecule has 4 heteroatoms. The molecule has 0 fully saturated rings. The molecule has 0 aromatic rings. The molecule has 0 amide bonds. The number of aliphatic imine (C=N–C) groups is 1. The summed E-state index contributed by atoms with van der Waals surface area (Å²) in [5.74, 6) is -0.134. The van der Waals surface area contributed by atoms with Gasteiger partial charge >= 0.3 is 0 Å². The van der Waals surface area contributed by atoms with Crippen LogP contribution in [0, 0.1) is 0 Å². The van der Waals surface area contributed by atoms with Crippen molar-refractivity contribution in [2.45, 2.75) is 219 Å². The van der Waals surface area contributed by atoms with Gasteiger partial charge in [0, 0.05) is 19.2 Å². The number of rotatable bonds is 35. The Labute approximate surface area is 287 Å². The van der Waals surface area contributed by atoms with Crippen molar-refractivity contribution in [1.82, 2.24) is 5.32 Å². The molecule has 2 N–H and O–H groups in total. The van der Waals surface area contributed by atoms with Gasteiger partial charge in [-0.1, -0.05) is 206 Å². The van der Waals surface area contributed by atoms with Crippen molar-refractivity contribution in [1.29, 1.82) is 0 Å². The van der Waals surface area contributed by atoms with Crippen LogP contribution in [0.1, 0.15) is 219 Å². The average molecular weight is 643 g/mol. The van der Waals surface area contributed by atoms with E-state index in [2.05, 4.69) is 24.2 Å². The molecule has 0 radical (unpaired) electrons. The monoisotopic (exact) mass is 643 g/mol. The van der Waals surface area contributed by atoms with Crippen LogP contribution in [0.4, 0.5) is 0 Å². The first-order chi connectivity index (χ1) is 22.7. The van der Waals surface area contributed by atoms with Crippen molar-refractivity contribution in [2.75, 3.05) is 13.1 Å². The molecule has 0 heterocycles. The molecular formula is C42H78N2O2. The Morgan fingerprint density at radius 1 is 0.478 bits per heavy atom. The molecule has 0 saturated carbocycles. The topological polar surface area (TPSA) is 61.7 Å². The molecule has 0 atom stereocenters. The van der Waals surface area contributed by atoms with Crippen LogP contribution in [-0.4, -0.2) is 29.7 Å². The van der Waals surface area contributed by atoms with Gasteiger partial charge in [-0.15, -0.1) is 0 Å². The molecule has 0 aromatic carbocycles. The Morgan fingerprint density at radius 2 is 0.804 bits per heavy atom. The van der Waals surface area contributed by atoms with Crippen molar-refractivity contribution in [3.63, 3.8) is 0 Å². The number of unbranched alkanes of at least 4 members (excludes halogenated alkanes) is 30. The maximum atomic E-state index is 12.3. The van der Waals surface area contributed by atoms with Crippen LogP contribution in [0.25, 0.3) is 0 Å². The van der Waals surface area contributed by atoms with E-state index >= 15 is 0 Å². The van der Waals surface area contributed by atoms with Crippen LogP contribution in [0.2, 0.25) is 0 Å². The van der Waals surface area contributed by atoms with Gasteiger partial charge in [-0.2, -0.15) is 0 Å². The number of aliphatic hydroxyl groups excluding tert-OH is 1. The fourth-order valence-corrected chi connectivity index (χ4v) is 6.58. The number of ketones is 1. The van der Waals surface area contributed by atoms with Gasteiger partial charge in [-0.05, 0) is 18.9 Å². The standard InChI is InChI=1S/C42H78N2O2/c1-3-5-7-9-11-13-15-17-19-21-23-25-27-29-31-33-35-43-39-37-40(42(46)38-41(39)45)44-36-34-32-30-28-26-24-22-20-18-16-14-12-10-8-6-4-2/h37-38,43,45H,3-36H2,1-2H3. The fourth-order valence-electron chi connectivity index (χ4n) is 6.58. The maximum Gasteiger partial charge on any atom is 0.207 e. The number of carbonyl (C=O) groups is 1. The van der Waals surface area contributed by atoms with Crippen LogP contribution < -0.4 is 5.32 Å². The van der Waals surface area contributed by atoms with Crippen LogP contribution in [0.5, 0.6) is 0 Å². The fraction of sp³-hybridized carbons (Fsp3) is 0.857. The van der Waals surface area contributed by atoms with E-state index in [9.17, 15) is 9.90 Å². The second-order valence-corrected chi connectivity index (χ2v) is 14.3. The number of carbonyl (C=O) groups excluding carboxylic acids is 1. The zero-order chi connectivity index (χ0) is 33.2. The highest BCUT2D eigenvalue weighted by molar-refractivity contribution is 6.49. The van der Waals surface area contributed by atoms with E-state index in [1.807, 2.05) is 0 Å². The number of aliphatic hydroxyl groups is 1. The van der Waals surface area contributed by atoms with E-state index < -0.39 is 0 Å². The van der Waals surface area contributed by atoms with Crippen molar-refractivity contribution < 1.29 is 9.90 Å². The van der Waals surface area contributed by atoms with E-state index in [0.29, 0.717) is 18.0 Å². The van der Waals surface area contributed by atoms with E-state index in [4.69, 9.17) is 0 Å². The molecule has 0 aromatic heterocycles. The number of nitrogens with zero attached hydrogens (tertiary/aromatic N) is 1. The second kappa shape index (κ2) is 33.3. The molecule has 1 aliphatic carbocycles. The molecule has 4 nitrogen and oxygen atoms in total. The summed E-state index contributed by atoms with van der Waals surface area (Å²) in [7, 11) is 0. The highest BCUT2D eigenvalue weighted by Gasteiger charge is 2.17. The van der Waals surface area contributed by atoms with E-state index in [0.717, 1.165) is 19.4 Å². The Hall–Kier alpha value is -1.58. The smallest absolute Gasteiger partial charge is 0.207 e. The third kappa shape index (κ3) is 26.5. The van der Waals surface area contributed by atoms with Gasteiger partial charge in [0.15, 0.2) is 0 Å². The SMILES string of the molecule is CCCCCCCCCCCCCCCCCCN=C1C=C(NCCCCCCCCCCCCCCCCCC)C(O)=CC1=O. The van der Waals surface area contributed by atoms with Crippen LogP contribution in [0.3, 0.4) is 0 Å². The van der Waals surface area contributed by atoms with Gasteiger partial charge in [0.1, 0.15) is 11.5 Å². The van der Waals surface area contributed by atoms with Gasteiger partial charge in [0.25, 0.3) is 0 Å². The van der Waals surface area contributed by atoms with Gasteiger partial charge < -0.3 is 10.4 Å². The number of allylic oxidation sites excluding steroid dienone is 2. The van der Waals surface area contributed by atoms with Crippen molar-refractivity contribution in [3.05, 3.63) is 23.6 Å². The minimum atomic E-state index is -0.179. The molecule has 0 saturated heterocycles. The number of hydrogen-bond donors (Lipinski definition) is 2. The second-order valence-electron chi connectivity index (χ2n) is 14.3. The summed E-state index contributed by atoms with van der Waals surface area (Å²) < 4.78 is 0. The molecule has 0 unspecified atom stereocenters. The lowest BCUT2D eigenvalue weighted by Gasteiger charge is -2.14. The summed E-state index contributed by atoms with van der Waals surface area (Å²) >= 11 is 0. The average Bonchev–Trinajstić information content (AvgIpc) is 3.05. The third-order valence-electron chi connectivity index (χ3n) is 9.72. The number of nitrogens with one attached hydrogen (secondary N) is 1. The summed E-state index contributed by atoms with van der Waals surface area (Å²) in [6.45, 7) is 6.09. The zero-order valence-corrected chi connectivity index (χ0v) is 31.0. The van der Waals surface area contributed by atoms with E-state index in [1.165, 1.54) is 199 Å². The number of hydrogen-bond acceptors (Lipinski definition) is 4. The Morgan fingerprint density at radius 3 is 1.17 bits per heavy atom.